The van der Waals surface area contributed by atoms with Gasteiger partial charge in [-0.1, -0.05) is 26.8 Å². The van der Waals surface area contributed by atoms with Crippen LogP contribution >= 0.6 is 0 Å². The number of carbonyl (C=O) groups is 2. The van der Waals surface area contributed by atoms with Crippen LogP contribution < -0.4 is 5.32 Å². The van der Waals surface area contributed by atoms with Gasteiger partial charge in [-0.2, -0.15) is 0 Å². The first-order valence-corrected chi connectivity index (χ1v) is 9.18. The summed E-state index contributed by atoms with van der Waals surface area (Å²) in [6.45, 7) is 7.52. The van der Waals surface area contributed by atoms with Crippen LogP contribution in [0.3, 0.4) is 0 Å². The quantitative estimate of drug-likeness (QED) is 0.825. The molecular weight excluding hydrogens is 302 g/mol. The number of nitrogens with one attached hydrogen (secondary N) is 1. The predicted octanol–water partition coefficient (Wildman–Crippen LogP) is 3.69. The van der Waals surface area contributed by atoms with E-state index in [2.05, 4.69) is 26.1 Å². The normalized spacial score (nSPS) is 38.9. The minimum absolute atomic E-state index is 0.0189. The van der Waals surface area contributed by atoms with Crippen molar-refractivity contribution in [3.8, 4) is 0 Å². The minimum Gasteiger partial charge on any atom is -0.478 e. The molecule has 1 fully saturated rings. The van der Waals surface area contributed by atoms with E-state index in [0.29, 0.717) is 24.0 Å². The Morgan fingerprint density at radius 3 is 2.75 bits per heavy atom. The van der Waals surface area contributed by atoms with Crippen LogP contribution in [0.15, 0.2) is 23.3 Å². The summed E-state index contributed by atoms with van der Waals surface area (Å²) in [6.07, 6.45) is 9.63. The van der Waals surface area contributed by atoms with E-state index in [1.54, 1.807) is 6.08 Å². The zero-order chi connectivity index (χ0) is 17.5. The van der Waals surface area contributed by atoms with Gasteiger partial charge >= 0.3 is 5.97 Å². The molecule has 0 aromatic heterocycles. The van der Waals surface area contributed by atoms with Crippen molar-refractivity contribution in [1.29, 1.82) is 0 Å². The molecule has 1 heterocycles. The number of aliphatic carboxylic acids is 1. The third kappa shape index (κ3) is 2.70. The van der Waals surface area contributed by atoms with Gasteiger partial charge in [0.05, 0.1) is 0 Å². The van der Waals surface area contributed by atoms with Crippen LogP contribution in [0.25, 0.3) is 0 Å². The summed E-state index contributed by atoms with van der Waals surface area (Å²) in [5, 5.41) is 12.5. The molecule has 24 heavy (non-hydrogen) atoms. The summed E-state index contributed by atoms with van der Waals surface area (Å²) in [5.41, 5.74) is 1.72. The third-order valence-electron chi connectivity index (χ3n) is 7.25. The molecular formula is C20H29NO3. The molecule has 3 rings (SSSR count). The third-order valence-corrected chi connectivity index (χ3v) is 7.25. The zero-order valence-electron chi connectivity index (χ0n) is 15.0. The van der Waals surface area contributed by atoms with Gasteiger partial charge < -0.3 is 10.4 Å². The molecule has 4 atom stereocenters. The number of rotatable bonds is 4. The molecule has 0 spiro atoms. The van der Waals surface area contributed by atoms with Gasteiger partial charge in [0.2, 0.25) is 5.91 Å². The molecule has 1 amide bonds. The van der Waals surface area contributed by atoms with Gasteiger partial charge in [0.15, 0.2) is 0 Å². The van der Waals surface area contributed by atoms with Crippen LogP contribution in [-0.4, -0.2) is 23.5 Å². The van der Waals surface area contributed by atoms with Gasteiger partial charge in [0.1, 0.15) is 0 Å². The van der Waals surface area contributed by atoms with Gasteiger partial charge in [-0.25, -0.2) is 4.79 Å². The monoisotopic (exact) mass is 331 g/mol. The average Bonchev–Trinajstić information content (AvgIpc) is 2.94. The van der Waals surface area contributed by atoms with Crippen molar-refractivity contribution in [3.63, 3.8) is 0 Å². The molecule has 0 bridgehead atoms. The molecule has 3 aliphatic rings. The van der Waals surface area contributed by atoms with Crippen LogP contribution in [-0.2, 0) is 9.59 Å². The average molecular weight is 331 g/mol. The van der Waals surface area contributed by atoms with Crippen LogP contribution in [0, 0.1) is 22.7 Å². The Hall–Kier alpha value is -1.58. The van der Waals surface area contributed by atoms with E-state index in [9.17, 15) is 14.7 Å². The molecule has 2 N–H and O–H groups in total. The predicted molar refractivity (Wildman–Crippen MR) is 93.4 cm³/mol. The van der Waals surface area contributed by atoms with Crippen molar-refractivity contribution in [2.45, 2.75) is 59.3 Å². The molecule has 2 aliphatic carbocycles. The molecule has 1 saturated carbocycles. The van der Waals surface area contributed by atoms with E-state index in [4.69, 9.17) is 0 Å². The summed E-state index contributed by atoms with van der Waals surface area (Å²) in [4.78, 5) is 23.2. The number of hydrogen-bond donors (Lipinski definition) is 2. The lowest BCUT2D eigenvalue weighted by atomic mass is 9.46. The van der Waals surface area contributed by atoms with Gasteiger partial charge in [-0.05, 0) is 61.3 Å². The number of carboxylic acid groups (broad SMARTS) is 1. The summed E-state index contributed by atoms with van der Waals surface area (Å²) in [7, 11) is 0. The zero-order valence-corrected chi connectivity index (χ0v) is 15.0. The second-order valence-electron chi connectivity index (χ2n) is 8.44. The van der Waals surface area contributed by atoms with Crippen molar-refractivity contribution in [2.75, 3.05) is 6.54 Å². The number of carboxylic acids is 1. The van der Waals surface area contributed by atoms with E-state index in [1.807, 2.05) is 6.08 Å². The van der Waals surface area contributed by atoms with Crippen molar-refractivity contribution in [2.24, 2.45) is 22.7 Å². The van der Waals surface area contributed by atoms with Crippen molar-refractivity contribution in [1.82, 2.24) is 5.32 Å². The van der Waals surface area contributed by atoms with E-state index < -0.39 is 5.97 Å². The summed E-state index contributed by atoms with van der Waals surface area (Å²) >= 11 is 0. The molecule has 0 unspecified atom stereocenters. The maximum atomic E-state index is 11.8. The van der Waals surface area contributed by atoms with Crippen LogP contribution in [0.4, 0.5) is 0 Å². The lowest BCUT2D eigenvalue weighted by Gasteiger charge is -2.57. The van der Waals surface area contributed by atoms with Crippen LogP contribution in [0.2, 0.25) is 0 Å². The van der Waals surface area contributed by atoms with Gasteiger partial charge in [0, 0.05) is 23.6 Å². The Morgan fingerprint density at radius 1 is 1.38 bits per heavy atom. The molecule has 4 heteroatoms. The van der Waals surface area contributed by atoms with Crippen LogP contribution in [0.5, 0.6) is 0 Å². The van der Waals surface area contributed by atoms with E-state index in [-0.39, 0.29) is 16.7 Å². The number of fused-ring (bicyclic) bond motifs is 1. The van der Waals surface area contributed by atoms with Crippen molar-refractivity contribution in [3.05, 3.63) is 23.3 Å². The van der Waals surface area contributed by atoms with E-state index in [1.165, 1.54) is 5.57 Å². The summed E-state index contributed by atoms with van der Waals surface area (Å²) in [5.74, 6) is 0.253. The molecule has 0 radical (unpaired) electrons. The Bertz CT molecular complexity index is 620. The first-order valence-electron chi connectivity index (χ1n) is 9.18. The van der Waals surface area contributed by atoms with Gasteiger partial charge in [-0.3, -0.25) is 4.79 Å². The summed E-state index contributed by atoms with van der Waals surface area (Å²) in [6, 6.07) is 0. The molecule has 1 aliphatic heterocycles. The largest absolute Gasteiger partial charge is 0.478 e. The van der Waals surface area contributed by atoms with Gasteiger partial charge in [0.25, 0.3) is 0 Å². The lowest BCUT2D eigenvalue weighted by molar-refractivity contribution is -0.137. The van der Waals surface area contributed by atoms with Gasteiger partial charge in [-0.15, -0.1) is 0 Å². The Morgan fingerprint density at radius 2 is 2.12 bits per heavy atom. The minimum atomic E-state index is -0.743. The number of amides is 1. The maximum Gasteiger partial charge on any atom is 0.331 e. The Balaban J connectivity index is 1.85. The second-order valence-corrected chi connectivity index (χ2v) is 8.44. The van der Waals surface area contributed by atoms with Crippen molar-refractivity contribution < 1.29 is 14.7 Å². The summed E-state index contributed by atoms with van der Waals surface area (Å²) < 4.78 is 0. The first kappa shape index (κ1) is 17.2. The fourth-order valence-corrected chi connectivity index (χ4v) is 5.52. The SMILES string of the molecule is C[C@@H]1CC[C@@]2(C)C(C(=O)O)=CCC[C@@H]2[C@@]1(C)CCC1=CC(=O)NC1. The maximum absolute atomic E-state index is 11.8. The molecule has 4 nitrogen and oxygen atoms in total. The molecule has 0 saturated heterocycles. The fourth-order valence-electron chi connectivity index (χ4n) is 5.52. The molecule has 0 aromatic carbocycles. The Labute approximate surface area is 144 Å². The number of hydrogen-bond acceptors (Lipinski definition) is 2. The van der Waals surface area contributed by atoms with E-state index in [0.717, 1.165) is 38.5 Å². The smallest absolute Gasteiger partial charge is 0.331 e. The second kappa shape index (κ2) is 6.05. The van der Waals surface area contributed by atoms with Crippen molar-refractivity contribution >= 4 is 11.9 Å². The highest BCUT2D eigenvalue weighted by atomic mass is 16.4. The Kier molecular flexibility index (Phi) is 4.35. The number of allylic oxidation sites excluding steroid dienone is 1. The number of carbonyl (C=O) groups excluding carboxylic acids is 1. The lowest BCUT2D eigenvalue weighted by Crippen LogP contribution is -2.51. The van der Waals surface area contributed by atoms with Crippen LogP contribution in [0.1, 0.15) is 59.3 Å². The standard InChI is InChI=1S/C20H29NO3/c1-13-7-9-20(3)15(18(23)24)5-4-6-16(20)19(13,2)10-8-14-11-17(22)21-12-14/h5,11,13,16H,4,6-10,12H2,1-3H3,(H,21,22)(H,23,24)/t13-,16-,19+,20+/m1/s1. The highest BCUT2D eigenvalue weighted by Gasteiger charge is 2.55. The molecule has 132 valence electrons. The topological polar surface area (TPSA) is 66.4 Å². The highest BCUT2D eigenvalue weighted by Crippen LogP contribution is 2.62. The fraction of sp³-hybridized carbons (Fsp3) is 0.700. The molecule has 0 aromatic rings. The first-order chi connectivity index (χ1) is 11.3. The van der Waals surface area contributed by atoms with E-state index >= 15 is 0 Å². The highest BCUT2D eigenvalue weighted by molar-refractivity contribution is 5.91.